The molecule has 0 unspecified atom stereocenters. The summed E-state index contributed by atoms with van der Waals surface area (Å²) in [5.74, 6) is -0.0523. The van der Waals surface area contributed by atoms with Crippen LogP contribution in [-0.2, 0) is 9.59 Å². The molecule has 0 saturated carbocycles. The zero-order chi connectivity index (χ0) is 19.0. The lowest BCUT2D eigenvalue weighted by molar-refractivity contribution is -0.128. The number of carbonyl (C=O) groups excluding carboxylic acids is 2. The van der Waals surface area contributed by atoms with Crippen LogP contribution >= 0.6 is 23.2 Å². The number of anilines is 1. The van der Waals surface area contributed by atoms with Gasteiger partial charge in [0.25, 0.3) is 5.91 Å². The first kappa shape index (κ1) is 17.6. The van der Waals surface area contributed by atoms with Gasteiger partial charge in [-0.1, -0.05) is 41.4 Å². The summed E-state index contributed by atoms with van der Waals surface area (Å²) in [4.78, 5) is 30.4. The van der Waals surface area contributed by atoms with Gasteiger partial charge < -0.3 is 9.74 Å². The largest absolute Gasteiger partial charge is 0.340 e. The lowest BCUT2D eigenvalue weighted by Gasteiger charge is -2.14. The zero-order valence-corrected chi connectivity index (χ0v) is 15.6. The number of rotatable bonds is 4. The first-order chi connectivity index (χ1) is 13.1. The van der Waals surface area contributed by atoms with E-state index in [4.69, 9.17) is 28.0 Å². The summed E-state index contributed by atoms with van der Waals surface area (Å²) in [5, 5.41) is 1.51. The summed E-state index contributed by atoms with van der Waals surface area (Å²) in [7, 11) is 0. The van der Waals surface area contributed by atoms with Crippen molar-refractivity contribution in [2.45, 2.75) is 6.42 Å². The number of para-hydroxylation sites is 1. The van der Waals surface area contributed by atoms with E-state index in [1.165, 1.54) is 4.73 Å². The minimum Gasteiger partial charge on any atom is -0.340 e. The third-order valence-corrected chi connectivity index (χ3v) is 5.01. The predicted molar refractivity (Wildman–Crippen MR) is 106 cm³/mol. The zero-order valence-electron chi connectivity index (χ0n) is 14.1. The van der Waals surface area contributed by atoms with Crippen molar-refractivity contribution in [3.8, 4) is 0 Å². The van der Waals surface area contributed by atoms with Crippen LogP contribution in [0.25, 0.3) is 17.0 Å². The van der Waals surface area contributed by atoms with Crippen LogP contribution < -0.4 is 9.74 Å². The average molecular weight is 401 g/mol. The second-order valence-electron chi connectivity index (χ2n) is 6.11. The van der Waals surface area contributed by atoms with Gasteiger partial charge in [0.1, 0.15) is 0 Å². The smallest absolute Gasteiger partial charge is 0.321 e. The second kappa shape index (κ2) is 7.10. The highest BCUT2D eigenvalue weighted by atomic mass is 35.5. The molecule has 1 aromatic heterocycles. The molecule has 3 aromatic rings. The Bertz CT molecular complexity index is 1070. The van der Waals surface area contributed by atoms with Gasteiger partial charge in [-0.05, 0) is 36.8 Å². The van der Waals surface area contributed by atoms with Crippen molar-refractivity contribution in [2.24, 2.45) is 0 Å². The summed E-state index contributed by atoms with van der Waals surface area (Å²) in [6, 6.07) is 12.8. The van der Waals surface area contributed by atoms with Crippen LogP contribution in [0, 0.1) is 0 Å². The fourth-order valence-corrected chi connectivity index (χ4v) is 3.90. The van der Waals surface area contributed by atoms with E-state index in [2.05, 4.69) is 0 Å². The highest BCUT2D eigenvalue weighted by molar-refractivity contribution is 6.39. The fourth-order valence-electron chi connectivity index (χ4n) is 3.31. The van der Waals surface area contributed by atoms with Crippen molar-refractivity contribution < 1.29 is 14.4 Å². The summed E-state index contributed by atoms with van der Waals surface area (Å²) in [6.45, 7) is 0.931. The third kappa shape index (κ3) is 3.20. The number of aromatic nitrogens is 1. The molecule has 1 fully saturated rings. The molecule has 2 heterocycles. The monoisotopic (exact) mass is 400 g/mol. The van der Waals surface area contributed by atoms with E-state index in [0.29, 0.717) is 51.5 Å². The molecule has 0 atom stereocenters. The Balaban J connectivity index is 1.77. The maximum Gasteiger partial charge on any atom is 0.321 e. The van der Waals surface area contributed by atoms with Gasteiger partial charge in [-0.25, -0.2) is 0 Å². The molecular weight excluding hydrogens is 387 g/mol. The van der Waals surface area contributed by atoms with Gasteiger partial charge in [0.15, 0.2) is 0 Å². The molecule has 2 aromatic carbocycles. The number of fused-ring (bicyclic) bond motifs is 1. The molecule has 0 radical (unpaired) electrons. The van der Waals surface area contributed by atoms with Gasteiger partial charge in [-0.3, -0.25) is 9.59 Å². The quantitative estimate of drug-likeness (QED) is 0.483. The summed E-state index contributed by atoms with van der Waals surface area (Å²) < 4.78 is 1.29. The molecule has 4 rings (SSSR count). The first-order valence-corrected chi connectivity index (χ1v) is 9.02. The summed E-state index contributed by atoms with van der Waals surface area (Å²) in [5.41, 5.74) is 2.76. The molecule has 0 spiro atoms. The van der Waals surface area contributed by atoms with Crippen molar-refractivity contribution >= 4 is 58.2 Å². The summed E-state index contributed by atoms with van der Waals surface area (Å²) >= 11 is 12.4. The van der Waals surface area contributed by atoms with E-state index in [1.807, 2.05) is 30.3 Å². The Hall–Kier alpha value is -2.76. The van der Waals surface area contributed by atoms with Crippen LogP contribution in [0.15, 0.2) is 54.2 Å². The minimum absolute atomic E-state index is 0.0523. The molecule has 27 heavy (non-hydrogen) atoms. The van der Waals surface area contributed by atoms with E-state index in [0.717, 1.165) is 5.69 Å². The highest BCUT2D eigenvalue weighted by Gasteiger charge is 2.27. The molecule has 1 aliphatic heterocycles. The van der Waals surface area contributed by atoms with Crippen molar-refractivity contribution in [2.75, 3.05) is 11.4 Å². The number of carbonyl (C=O) groups is 2. The molecule has 7 heteroatoms. The van der Waals surface area contributed by atoms with Crippen molar-refractivity contribution in [1.29, 1.82) is 0 Å². The Kier molecular flexibility index (Phi) is 4.64. The number of amides is 1. The van der Waals surface area contributed by atoms with E-state index in [9.17, 15) is 9.59 Å². The van der Waals surface area contributed by atoms with E-state index < -0.39 is 0 Å². The molecule has 1 amide bonds. The lowest BCUT2D eigenvalue weighted by atomic mass is 10.1. The Labute approximate surface area is 165 Å². The molecule has 1 aliphatic rings. The minimum atomic E-state index is -0.0523. The van der Waals surface area contributed by atoms with Crippen LogP contribution in [0.2, 0.25) is 10.0 Å². The fraction of sp³-hybridized carbons (Fsp3) is 0.100. The number of halogens is 2. The Morgan fingerprint density at radius 2 is 1.89 bits per heavy atom. The Morgan fingerprint density at radius 3 is 2.63 bits per heavy atom. The standard InChI is InChI=1S/C20H14Cl2N2O3/c21-15-9-17(22)19-14(11-24(27-12-25)18(19)10-15)8-13-6-7-23(20(13)26)16-4-2-1-3-5-16/h1-5,8-12H,6-7H2/b13-8+. The van der Waals surface area contributed by atoms with Gasteiger partial charge in [-0.2, -0.15) is 4.73 Å². The van der Waals surface area contributed by atoms with Crippen molar-refractivity contribution in [3.05, 3.63) is 69.8 Å². The molecule has 1 saturated heterocycles. The lowest BCUT2D eigenvalue weighted by Crippen LogP contribution is -2.24. The number of hydrogen-bond donors (Lipinski definition) is 0. The maximum atomic E-state index is 12.8. The molecule has 0 N–H and O–H groups in total. The van der Waals surface area contributed by atoms with Gasteiger partial charge in [0.05, 0.1) is 16.7 Å². The van der Waals surface area contributed by atoms with Crippen LogP contribution in [0.1, 0.15) is 12.0 Å². The van der Waals surface area contributed by atoms with Crippen molar-refractivity contribution in [3.63, 3.8) is 0 Å². The van der Waals surface area contributed by atoms with Gasteiger partial charge in [0.2, 0.25) is 0 Å². The topological polar surface area (TPSA) is 51.5 Å². The normalized spacial score (nSPS) is 15.7. The van der Waals surface area contributed by atoms with Gasteiger partial charge in [-0.15, -0.1) is 0 Å². The van der Waals surface area contributed by atoms with Gasteiger partial charge in [0, 0.05) is 33.8 Å². The molecule has 0 bridgehead atoms. The first-order valence-electron chi connectivity index (χ1n) is 8.27. The van der Waals surface area contributed by atoms with E-state index in [-0.39, 0.29) is 5.91 Å². The van der Waals surface area contributed by atoms with Crippen LogP contribution in [0.5, 0.6) is 0 Å². The van der Waals surface area contributed by atoms with Crippen molar-refractivity contribution in [1.82, 2.24) is 4.73 Å². The SMILES string of the molecule is O=COn1cc(/C=C2\CCN(c3ccccc3)C2=O)c2c(Cl)cc(Cl)cc21. The average Bonchev–Trinajstić information content (AvgIpc) is 3.18. The van der Waals surface area contributed by atoms with Crippen LogP contribution in [-0.4, -0.2) is 23.7 Å². The van der Waals surface area contributed by atoms with Gasteiger partial charge >= 0.3 is 6.47 Å². The molecule has 0 aliphatic carbocycles. The van der Waals surface area contributed by atoms with Crippen LogP contribution in [0.3, 0.4) is 0 Å². The molecule has 5 nitrogen and oxygen atoms in total. The van der Waals surface area contributed by atoms with Crippen LogP contribution in [0.4, 0.5) is 5.69 Å². The predicted octanol–water partition coefficient (Wildman–Crippen LogP) is 4.35. The third-order valence-electron chi connectivity index (χ3n) is 4.50. The molecular formula is C20H14Cl2N2O3. The van der Waals surface area contributed by atoms with E-state index in [1.54, 1.807) is 29.3 Å². The molecule has 136 valence electrons. The summed E-state index contributed by atoms with van der Waals surface area (Å²) in [6.07, 6.45) is 4.02. The maximum absolute atomic E-state index is 12.8. The number of hydrogen-bond acceptors (Lipinski definition) is 3. The number of nitrogens with zero attached hydrogens (tertiary/aromatic N) is 2. The second-order valence-corrected chi connectivity index (χ2v) is 6.95. The Morgan fingerprint density at radius 1 is 1.11 bits per heavy atom. The number of benzene rings is 2. The van der Waals surface area contributed by atoms with E-state index >= 15 is 0 Å². The highest BCUT2D eigenvalue weighted by Crippen LogP contribution is 2.34.